The summed E-state index contributed by atoms with van der Waals surface area (Å²) in [6.45, 7) is 0. The molecule has 0 saturated carbocycles. The Bertz CT molecular complexity index is 7120. The van der Waals surface area contributed by atoms with Crippen LogP contribution in [-0.2, 0) is 0 Å². The molecule has 0 saturated heterocycles. The molecule has 8 heterocycles. The molecule has 8 aromatic heterocycles. The average molecular weight is 1310 g/mol. The lowest BCUT2D eigenvalue weighted by atomic mass is 10.0. The summed E-state index contributed by atoms with van der Waals surface area (Å²) in [5.74, 6) is 1.24. The molecule has 0 spiro atoms. The van der Waals surface area contributed by atoms with Gasteiger partial charge in [0.15, 0.2) is 0 Å². The SMILES string of the molecule is c1ccc(-c2cc(-c3ccc4oc5ccccc5c4c3)nc(-n3c4ccccc4c4c5c6ccccc6n(-c6ccccc6)c5ccc43)n2)cc1.c1ccc(-c2cc(-c3cccc4oc5ccccc5c34)nc(-n3c4ccccc4c4c5c6ccccc6n(-c6ccccc6)c5ccc43)n2)cc1. The highest BCUT2D eigenvalue weighted by atomic mass is 16.3. The first-order chi connectivity index (χ1) is 50.6. The van der Waals surface area contributed by atoms with Crippen LogP contribution in [0.5, 0.6) is 0 Å². The van der Waals surface area contributed by atoms with Gasteiger partial charge < -0.3 is 18.0 Å². The number of hydrogen-bond acceptors (Lipinski definition) is 6. The summed E-state index contributed by atoms with van der Waals surface area (Å²) < 4.78 is 21.7. The minimum atomic E-state index is 0.619. The first-order valence-corrected chi connectivity index (χ1v) is 34.4. The lowest BCUT2D eigenvalue weighted by molar-refractivity contribution is 0.668. The molecule has 0 fully saturated rings. The van der Waals surface area contributed by atoms with Crippen LogP contribution in [0.1, 0.15) is 0 Å². The molecule has 10 nitrogen and oxygen atoms in total. The molecule has 0 radical (unpaired) electrons. The average Bonchev–Trinajstić information content (AvgIpc) is 1.54. The Balaban J connectivity index is 0.000000133. The second-order valence-electron chi connectivity index (χ2n) is 26.0. The highest BCUT2D eigenvalue weighted by Gasteiger charge is 2.26. The quantitative estimate of drug-likeness (QED) is 0.150. The van der Waals surface area contributed by atoms with Gasteiger partial charge in [-0.15, -0.1) is 0 Å². The standard InChI is InChI=1S/2C46H28N4O/c1-3-14-29(15-4-1)35-28-36(31-21-13-25-42-43(31)34-20-9-12-24-41(34)51-42)48-46(47-35)50-38-23-11-8-19-33(38)45-40(50)27-26-39-44(45)32-18-7-10-22-37(32)49(39)30-16-5-2-6-17-30;1-3-13-29(14-4-1)36-28-37(30-23-26-43-35(27-30)32-17-9-12-22-42(32)51-43)48-46(47-36)50-39-21-11-8-19-34(39)45-41(50)25-24-40-44(45)33-18-7-10-20-38(33)49(40)31-15-5-2-6-16-31/h2*1-28H. The van der Waals surface area contributed by atoms with Gasteiger partial charge >= 0.3 is 0 Å². The first-order valence-electron chi connectivity index (χ1n) is 34.4. The summed E-state index contributed by atoms with van der Waals surface area (Å²) in [7, 11) is 0. The predicted octanol–water partition coefficient (Wildman–Crippen LogP) is 23.8. The molecule has 0 aliphatic rings. The third-order valence-electron chi connectivity index (χ3n) is 20.3. The van der Waals surface area contributed by atoms with Crippen LogP contribution in [0.15, 0.2) is 349 Å². The number of nitrogens with zero attached hydrogens (tertiary/aromatic N) is 8. The summed E-state index contributed by atoms with van der Waals surface area (Å²) in [6.07, 6.45) is 0. The van der Waals surface area contributed by atoms with Crippen LogP contribution in [0.25, 0.3) is 199 Å². The number of para-hydroxylation sites is 8. The van der Waals surface area contributed by atoms with Crippen molar-refractivity contribution in [1.29, 1.82) is 0 Å². The van der Waals surface area contributed by atoms with Crippen molar-refractivity contribution in [2.45, 2.75) is 0 Å². The summed E-state index contributed by atoms with van der Waals surface area (Å²) in [4.78, 5) is 21.4. The molecule has 102 heavy (non-hydrogen) atoms. The molecule has 10 heteroatoms. The minimum Gasteiger partial charge on any atom is -0.456 e. The maximum Gasteiger partial charge on any atom is 0.235 e. The van der Waals surface area contributed by atoms with Crippen molar-refractivity contribution in [3.8, 4) is 68.3 Å². The van der Waals surface area contributed by atoms with Gasteiger partial charge in [0.2, 0.25) is 11.9 Å². The van der Waals surface area contributed by atoms with Crippen LogP contribution in [0, 0.1) is 0 Å². The van der Waals surface area contributed by atoms with Crippen molar-refractivity contribution in [2.75, 3.05) is 0 Å². The maximum atomic E-state index is 6.31. The number of furan rings is 2. The number of fused-ring (bicyclic) bond motifs is 20. The van der Waals surface area contributed by atoms with E-state index in [0.29, 0.717) is 11.9 Å². The van der Waals surface area contributed by atoms with Crippen molar-refractivity contribution < 1.29 is 8.83 Å². The zero-order chi connectivity index (χ0) is 66.9. The molecule has 22 rings (SSSR count). The van der Waals surface area contributed by atoms with E-state index >= 15 is 0 Å². The zero-order valence-electron chi connectivity index (χ0n) is 54.7. The Morgan fingerprint density at radius 3 is 1.03 bits per heavy atom. The van der Waals surface area contributed by atoms with Crippen molar-refractivity contribution in [1.82, 2.24) is 38.2 Å². The fourth-order valence-electron chi connectivity index (χ4n) is 15.9. The predicted molar refractivity (Wildman–Crippen MR) is 418 cm³/mol. The van der Waals surface area contributed by atoms with E-state index < -0.39 is 0 Å². The second-order valence-corrected chi connectivity index (χ2v) is 26.0. The Morgan fingerprint density at radius 1 is 0.196 bits per heavy atom. The van der Waals surface area contributed by atoms with Gasteiger partial charge in [0, 0.05) is 98.3 Å². The van der Waals surface area contributed by atoms with Crippen molar-refractivity contribution >= 4 is 131 Å². The largest absolute Gasteiger partial charge is 0.456 e. The molecular formula is C92H56N8O2. The van der Waals surface area contributed by atoms with E-state index in [1.165, 1.54) is 43.4 Å². The Kier molecular flexibility index (Phi) is 12.8. The number of aromatic nitrogens is 8. The molecular weight excluding hydrogens is 1250 g/mol. The third kappa shape index (κ3) is 8.86. The summed E-state index contributed by atoms with van der Waals surface area (Å²) in [6, 6.07) is 119. The van der Waals surface area contributed by atoms with E-state index in [2.05, 4.69) is 303 Å². The van der Waals surface area contributed by atoms with E-state index in [-0.39, 0.29) is 0 Å². The zero-order valence-corrected chi connectivity index (χ0v) is 54.7. The molecule has 0 unspecified atom stereocenters. The van der Waals surface area contributed by atoms with E-state index in [1.54, 1.807) is 0 Å². The van der Waals surface area contributed by atoms with Crippen LogP contribution in [0.3, 0.4) is 0 Å². The van der Waals surface area contributed by atoms with Gasteiger partial charge in [0.25, 0.3) is 0 Å². The number of rotatable bonds is 8. The van der Waals surface area contributed by atoms with Gasteiger partial charge in [-0.25, -0.2) is 19.9 Å². The highest BCUT2D eigenvalue weighted by molar-refractivity contribution is 6.30. The molecule has 0 N–H and O–H groups in total. The molecule has 14 aromatic carbocycles. The molecule has 0 aliphatic carbocycles. The summed E-state index contributed by atoms with van der Waals surface area (Å²) in [5, 5.41) is 13.8. The van der Waals surface area contributed by atoms with Crippen molar-refractivity contribution in [2.24, 2.45) is 0 Å². The van der Waals surface area contributed by atoms with Gasteiger partial charge in [0.1, 0.15) is 22.3 Å². The Morgan fingerprint density at radius 2 is 0.539 bits per heavy atom. The molecule has 0 aliphatic heterocycles. The van der Waals surface area contributed by atoms with Gasteiger partial charge in [-0.05, 0) is 121 Å². The maximum absolute atomic E-state index is 6.31. The van der Waals surface area contributed by atoms with Crippen LogP contribution < -0.4 is 0 Å². The van der Waals surface area contributed by atoms with Gasteiger partial charge in [-0.3, -0.25) is 9.13 Å². The highest BCUT2D eigenvalue weighted by Crippen LogP contribution is 2.46. The van der Waals surface area contributed by atoms with Crippen LogP contribution in [0.4, 0.5) is 0 Å². The van der Waals surface area contributed by atoms with Crippen molar-refractivity contribution in [3.63, 3.8) is 0 Å². The van der Waals surface area contributed by atoms with Gasteiger partial charge in [0.05, 0.1) is 66.9 Å². The van der Waals surface area contributed by atoms with Gasteiger partial charge in [-0.1, -0.05) is 218 Å². The van der Waals surface area contributed by atoms with Crippen LogP contribution in [-0.4, -0.2) is 38.2 Å². The monoisotopic (exact) mass is 1300 g/mol. The Labute approximate surface area is 582 Å². The first kappa shape index (κ1) is 57.1. The fourth-order valence-corrected chi connectivity index (χ4v) is 15.9. The second kappa shape index (κ2) is 22.8. The Hall–Kier alpha value is -14.0. The fraction of sp³-hybridized carbons (Fsp3) is 0. The summed E-state index contributed by atoms with van der Waals surface area (Å²) in [5.41, 5.74) is 22.1. The molecule has 476 valence electrons. The van der Waals surface area contributed by atoms with Crippen molar-refractivity contribution in [3.05, 3.63) is 340 Å². The molecule has 22 aromatic rings. The van der Waals surface area contributed by atoms with E-state index in [0.717, 1.165) is 144 Å². The number of hydrogen-bond donors (Lipinski definition) is 0. The number of benzene rings is 14. The third-order valence-corrected chi connectivity index (χ3v) is 20.3. The topological polar surface area (TPSA) is 97.6 Å². The van der Waals surface area contributed by atoms with Gasteiger partial charge in [-0.2, -0.15) is 0 Å². The minimum absolute atomic E-state index is 0.619. The lowest BCUT2D eigenvalue weighted by Gasteiger charge is -2.12. The normalized spacial score (nSPS) is 11.9. The van der Waals surface area contributed by atoms with Crippen LogP contribution >= 0.6 is 0 Å². The molecule has 0 amide bonds. The molecule has 0 atom stereocenters. The van der Waals surface area contributed by atoms with E-state index in [1.807, 2.05) is 54.6 Å². The van der Waals surface area contributed by atoms with Crippen LogP contribution in [0.2, 0.25) is 0 Å². The smallest absolute Gasteiger partial charge is 0.235 e. The van der Waals surface area contributed by atoms with E-state index in [9.17, 15) is 0 Å². The summed E-state index contributed by atoms with van der Waals surface area (Å²) >= 11 is 0. The van der Waals surface area contributed by atoms with E-state index in [4.69, 9.17) is 28.8 Å². The lowest BCUT2D eigenvalue weighted by Crippen LogP contribution is -2.04. The molecule has 0 bridgehead atoms.